The molecule has 80 valence electrons. The second-order valence-corrected chi connectivity index (χ2v) is 5.30. The molecule has 0 aromatic heterocycles. The molecule has 0 unspecified atom stereocenters. The largest absolute Gasteiger partial charge is 0.393 e. The lowest BCUT2D eigenvalue weighted by atomic mass is 9.71. The molecule has 0 radical (unpaired) electrons. The van der Waals surface area contributed by atoms with Crippen LogP contribution in [0, 0.1) is 5.41 Å². The maximum Gasteiger partial charge on any atom is 0.0570 e. The van der Waals surface area contributed by atoms with Gasteiger partial charge in [0.25, 0.3) is 0 Å². The molecule has 14 heavy (non-hydrogen) atoms. The molecule has 3 heteroatoms. The monoisotopic (exact) mass is 197 g/mol. The van der Waals surface area contributed by atoms with E-state index in [1.807, 2.05) is 0 Å². The number of ether oxygens (including phenoxy) is 1. The first-order valence-electron chi connectivity index (χ1n) is 5.77. The Morgan fingerprint density at radius 1 is 1.14 bits per heavy atom. The highest BCUT2D eigenvalue weighted by Crippen LogP contribution is 2.43. The van der Waals surface area contributed by atoms with Crippen molar-refractivity contribution in [2.24, 2.45) is 5.41 Å². The van der Waals surface area contributed by atoms with Crippen LogP contribution in [0.3, 0.4) is 0 Å². The Labute approximate surface area is 85.0 Å². The fourth-order valence-electron chi connectivity index (χ4n) is 3.05. The van der Waals surface area contributed by atoms with Gasteiger partial charge in [0.2, 0.25) is 0 Å². The van der Waals surface area contributed by atoms with E-state index < -0.39 is 0 Å². The second-order valence-electron chi connectivity index (χ2n) is 5.30. The highest BCUT2D eigenvalue weighted by molar-refractivity contribution is 5.01. The molecular formula is C11H19NO2. The topological polar surface area (TPSA) is 32.7 Å². The van der Waals surface area contributed by atoms with Crippen LogP contribution in [0.5, 0.6) is 0 Å². The van der Waals surface area contributed by atoms with Gasteiger partial charge < -0.3 is 9.84 Å². The molecule has 2 saturated heterocycles. The molecule has 0 aromatic carbocycles. The fourth-order valence-corrected chi connectivity index (χ4v) is 3.05. The van der Waals surface area contributed by atoms with Gasteiger partial charge in [0.15, 0.2) is 0 Å². The first-order valence-corrected chi connectivity index (χ1v) is 5.77. The summed E-state index contributed by atoms with van der Waals surface area (Å²) in [6.07, 6.45) is 4.50. The molecule has 0 amide bonds. The van der Waals surface area contributed by atoms with E-state index in [4.69, 9.17) is 4.74 Å². The summed E-state index contributed by atoms with van der Waals surface area (Å²) in [5.74, 6) is 0. The summed E-state index contributed by atoms with van der Waals surface area (Å²) in [5, 5.41) is 9.24. The maximum absolute atomic E-state index is 9.24. The van der Waals surface area contributed by atoms with E-state index >= 15 is 0 Å². The summed E-state index contributed by atoms with van der Waals surface area (Å²) < 4.78 is 5.40. The molecule has 3 fully saturated rings. The van der Waals surface area contributed by atoms with E-state index in [1.54, 1.807) is 0 Å². The van der Waals surface area contributed by atoms with Crippen LogP contribution < -0.4 is 0 Å². The second kappa shape index (κ2) is 3.19. The van der Waals surface area contributed by atoms with Crippen molar-refractivity contribution in [2.75, 3.05) is 26.3 Å². The van der Waals surface area contributed by atoms with Crippen molar-refractivity contribution in [1.29, 1.82) is 0 Å². The standard InChI is InChI=1S/C11H19NO2/c13-10-5-9(6-10)12-7-11(8-12)1-3-14-4-2-11/h9-10,13H,1-8H2. The van der Waals surface area contributed by atoms with E-state index in [2.05, 4.69) is 4.90 Å². The third-order valence-corrected chi connectivity index (χ3v) is 4.24. The van der Waals surface area contributed by atoms with E-state index in [0.717, 1.165) is 26.1 Å². The van der Waals surface area contributed by atoms with Gasteiger partial charge in [0.1, 0.15) is 0 Å². The van der Waals surface area contributed by atoms with Gasteiger partial charge in [-0.1, -0.05) is 0 Å². The van der Waals surface area contributed by atoms with E-state index in [1.165, 1.54) is 25.9 Å². The Balaban J connectivity index is 1.50. The summed E-state index contributed by atoms with van der Waals surface area (Å²) in [6, 6.07) is 0.693. The molecule has 2 aliphatic heterocycles. The molecule has 3 aliphatic rings. The third-order valence-electron chi connectivity index (χ3n) is 4.24. The van der Waals surface area contributed by atoms with Crippen molar-refractivity contribution in [1.82, 2.24) is 4.90 Å². The third kappa shape index (κ3) is 1.38. The average Bonchev–Trinajstić information content (AvgIpc) is 2.11. The van der Waals surface area contributed by atoms with Crippen molar-refractivity contribution in [3.8, 4) is 0 Å². The number of aliphatic hydroxyl groups excluding tert-OH is 1. The normalized spacial score (nSPS) is 41.8. The Morgan fingerprint density at radius 2 is 1.79 bits per heavy atom. The SMILES string of the molecule is OC1CC(N2CC3(CCOCC3)C2)C1. The predicted molar refractivity (Wildman–Crippen MR) is 53.1 cm³/mol. The Morgan fingerprint density at radius 3 is 2.36 bits per heavy atom. The highest BCUT2D eigenvalue weighted by atomic mass is 16.5. The molecule has 1 aliphatic carbocycles. The molecule has 0 bridgehead atoms. The van der Waals surface area contributed by atoms with Gasteiger partial charge in [-0.05, 0) is 25.7 Å². The van der Waals surface area contributed by atoms with Crippen molar-refractivity contribution < 1.29 is 9.84 Å². The number of hydrogen-bond donors (Lipinski definition) is 1. The lowest BCUT2D eigenvalue weighted by Gasteiger charge is -2.57. The Kier molecular flexibility index (Phi) is 2.08. The van der Waals surface area contributed by atoms with Gasteiger partial charge in [-0.3, -0.25) is 4.90 Å². The van der Waals surface area contributed by atoms with Crippen LogP contribution >= 0.6 is 0 Å². The number of likely N-dealkylation sites (tertiary alicyclic amines) is 1. The van der Waals surface area contributed by atoms with Gasteiger partial charge in [-0.25, -0.2) is 0 Å². The van der Waals surface area contributed by atoms with Gasteiger partial charge in [-0.15, -0.1) is 0 Å². The molecule has 0 atom stereocenters. The summed E-state index contributed by atoms with van der Waals surface area (Å²) in [7, 11) is 0. The zero-order chi connectivity index (χ0) is 9.60. The number of rotatable bonds is 1. The number of nitrogens with zero attached hydrogens (tertiary/aromatic N) is 1. The van der Waals surface area contributed by atoms with Crippen molar-refractivity contribution >= 4 is 0 Å². The Bertz CT molecular complexity index is 211. The average molecular weight is 197 g/mol. The first kappa shape index (κ1) is 9.13. The molecular weight excluding hydrogens is 178 g/mol. The van der Waals surface area contributed by atoms with Gasteiger partial charge in [-0.2, -0.15) is 0 Å². The Hall–Kier alpha value is -0.120. The molecule has 3 nitrogen and oxygen atoms in total. The van der Waals surface area contributed by atoms with Gasteiger partial charge >= 0.3 is 0 Å². The van der Waals surface area contributed by atoms with Crippen molar-refractivity contribution in [2.45, 2.75) is 37.8 Å². The molecule has 1 N–H and O–H groups in total. The zero-order valence-corrected chi connectivity index (χ0v) is 8.61. The lowest BCUT2D eigenvalue weighted by Crippen LogP contribution is -2.64. The molecule has 1 saturated carbocycles. The van der Waals surface area contributed by atoms with Crippen molar-refractivity contribution in [3.05, 3.63) is 0 Å². The smallest absolute Gasteiger partial charge is 0.0570 e. The van der Waals surface area contributed by atoms with Gasteiger partial charge in [0.05, 0.1) is 6.10 Å². The van der Waals surface area contributed by atoms with Crippen LogP contribution in [-0.2, 0) is 4.74 Å². The fraction of sp³-hybridized carbons (Fsp3) is 1.00. The van der Waals surface area contributed by atoms with E-state index in [0.29, 0.717) is 11.5 Å². The van der Waals surface area contributed by atoms with Crippen molar-refractivity contribution in [3.63, 3.8) is 0 Å². The molecule has 1 spiro atoms. The van der Waals surface area contributed by atoms with Crippen LogP contribution in [0.25, 0.3) is 0 Å². The molecule has 2 heterocycles. The van der Waals surface area contributed by atoms with Crippen LogP contribution in [0.2, 0.25) is 0 Å². The number of hydrogen-bond acceptors (Lipinski definition) is 3. The van der Waals surface area contributed by atoms with Crippen LogP contribution in [-0.4, -0.2) is 48.5 Å². The zero-order valence-electron chi connectivity index (χ0n) is 8.61. The first-order chi connectivity index (χ1) is 6.77. The van der Waals surface area contributed by atoms with Crippen LogP contribution in [0.1, 0.15) is 25.7 Å². The lowest BCUT2D eigenvalue weighted by molar-refractivity contribution is -0.127. The van der Waals surface area contributed by atoms with E-state index in [9.17, 15) is 5.11 Å². The summed E-state index contributed by atoms with van der Waals surface area (Å²) in [4.78, 5) is 2.55. The van der Waals surface area contributed by atoms with Crippen LogP contribution in [0.15, 0.2) is 0 Å². The predicted octanol–water partition coefficient (Wildman–Crippen LogP) is 0.622. The summed E-state index contributed by atoms with van der Waals surface area (Å²) in [6.45, 7) is 4.43. The minimum absolute atomic E-state index is 0.00811. The maximum atomic E-state index is 9.24. The van der Waals surface area contributed by atoms with E-state index in [-0.39, 0.29) is 6.10 Å². The minimum atomic E-state index is -0.00811. The summed E-state index contributed by atoms with van der Waals surface area (Å²) >= 11 is 0. The van der Waals surface area contributed by atoms with Gasteiger partial charge in [0, 0.05) is 37.8 Å². The quantitative estimate of drug-likeness (QED) is 0.669. The summed E-state index contributed by atoms with van der Waals surface area (Å²) in [5.41, 5.74) is 0.596. The molecule has 0 aromatic rings. The highest BCUT2D eigenvalue weighted by Gasteiger charge is 2.48. The van der Waals surface area contributed by atoms with Crippen LogP contribution in [0.4, 0.5) is 0 Å². The minimum Gasteiger partial charge on any atom is -0.393 e. The molecule has 3 rings (SSSR count). The number of aliphatic hydroxyl groups is 1.